The molecule has 0 fully saturated rings. The van der Waals surface area contributed by atoms with Crippen LogP contribution in [-0.2, 0) is 4.79 Å². The van der Waals surface area contributed by atoms with Crippen LogP contribution >= 0.6 is 0 Å². The van der Waals surface area contributed by atoms with Crippen LogP contribution < -0.4 is 0 Å². The standard InChI is InChI=1S/C10H12.C4H6O2/c1-2-3-7-10-8-5-4-6-9-10;1-3(2)4(5)6/h3-9H,2H2,1H3;1H2,2H3,(H,5,6). The number of hydrogen-bond donors (Lipinski definition) is 1. The molecule has 0 aliphatic carbocycles. The number of aliphatic carboxylic acids is 1. The van der Waals surface area contributed by atoms with Gasteiger partial charge in [-0.1, -0.05) is 56.0 Å². The lowest BCUT2D eigenvalue weighted by Crippen LogP contribution is -1.92. The van der Waals surface area contributed by atoms with Gasteiger partial charge in [-0.15, -0.1) is 0 Å². The summed E-state index contributed by atoms with van der Waals surface area (Å²) >= 11 is 0. The molecule has 16 heavy (non-hydrogen) atoms. The van der Waals surface area contributed by atoms with E-state index in [2.05, 4.69) is 49.9 Å². The first kappa shape index (κ1) is 14.2. The number of allylic oxidation sites excluding steroid dienone is 1. The summed E-state index contributed by atoms with van der Waals surface area (Å²) in [6, 6.07) is 10.3. The Morgan fingerprint density at radius 3 is 2.25 bits per heavy atom. The highest BCUT2D eigenvalue weighted by atomic mass is 16.4. The van der Waals surface area contributed by atoms with Crippen LogP contribution in [0.4, 0.5) is 0 Å². The van der Waals surface area contributed by atoms with E-state index in [9.17, 15) is 4.79 Å². The summed E-state index contributed by atoms with van der Waals surface area (Å²) in [4.78, 5) is 9.60. The molecule has 0 saturated heterocycles. The summed E-state index contributed by atoms with van der Waals surface area (Å²) < 4.78 is 0. The zero-order valence-electron chi connectivity index (χ0n) is 9.81. The van der Waals surface area contributed by atoms with Crippen molar-refractivity contribution in [2.45, 2.75) is 20.3 Å². The smallest absolute Gasteiger partial charge is 0.330 e. The van der Waals surface area contributed by atoms with Crippen LogP contribution in [0, 0.1) is 0 Å². The maximum atomic E-state index is 9.60. The molecule has 1 rings (SSSR count). The van der Waals surface area contributed by atoms with Crippen LogP contribution in [0.2, 0.25) is 0 Å². The molecule has 1 aromatic carbocycles. The van der Waals surface area contributed by atoms with E-state index in [1.54, 1.807) is 0 Å². The Morgan fingerprint density at radius 1 is 1.38 bits per heavy atom. The zero-order chi connectivity index (χ0) is 12.4. The molecule has 0 spiro atoms. The van der Waals surface area contributed by atoms with Crippen LogP contribution in [0.1, 0.15) is 25.8 Å². The van der Waals surface area contributed by atoms with Crippen molar-refractivity contribution >= 4 is 12.0 Å². The zero-order valence-corrected chi connectivity index (χ0v) is 9.81. The minimum Gasteiger partial charge on any atom is -0.478 e. The monoisotopic (exact) mass is 218 g/mol. The van der Waals surface area contributed by atoms with E-state index in [0.717, 1.165) is 6.42 Å². The lowest BCUT2D eigenvalue weighted by Gasteiger charge is -1.88. The Kier molecular flexibility index (Phi) is 7.51. The molecule has 1 aromatic rings. The number of carboxylic acids is 1. The molecule has 0 aromatic heterocycles. The summed E-state index contributed by atoms with van der Waals surface area (Å²) in [6.07, 6.45) is 5.41. The first-order valence-electron chi connectivity index (χ1n) is 5.18. The van der Waals surface area contributed by atoms with Crippen molar-refractivity contribution in [2.24, 2.45) is 0 Å². The van der Waals surface area contributed by atoms with Crippen LogP contribution in [0.25, 0.3) is 6.08 Å². The third kappa shape index (κ3) is 7.56. The first-order valence-corrected chi connectivity index (χ1v) is 5.18. The van der Waals surface area contributed by atoms with Crippen molar-refractivity contribution in [1.82, 2.24) is 0 Å². The largest absolute Gasteiger partial charge is 0.478 e. The molecule has 0 aliphatic heterocycles. The fourth-order valence-corrected chi connectivity index (χ4v) is 0.818. The molecular weight excluding hydrogens is 200 g/mol. The Balaban J connectivity index is 0.000000325. The number of carboxylic acid groups (broad SMARTS) is 1. The van der Waals surface area contributed by atoms with Crippen molar-refractivity contribution in [3.8, 4) is 0 Å². The van der Waals surface area contributed by atoms with E-state index in [1.807, 2.05) is 6.07 Å². The molecule has 2 heteroatoms. The van der Waals surface area contributed by atoms with Gasteiger partial charge in [-0.2, -0.15) is 0 Å². The highest BCUT2D eigenvalue weighted by molar-refractivity contribution is 5.84. The van der Waals surface area contributed by atoms with Crippen molar-refractivity contribution in [2.75, 3.05) is 0 Å². The van der Waals surface area contributed by atoms with Crippen LogP contribution in [-0.4, -0.2) is 11.1 Å². The molecule has 0 aliphatic rings. The minimum absolute atomic E-state index is 0.176. The predicted molar refractivity (Wildman–Crippen MR) is 68.2 cm³/mol. The van der Waals surface area contributed by atoms with E-state index in [4.69, 9.17) is 5.11 Å². The number of hydrogen-bond acceptors (Lipinski definition) is 1. The fraction of sp³-hybridized carbons (Fsp3) is 0.214. The van der Waals surface area contributed by atoms with E-state index >= 15 is 0 Å². The van der Waals surface area contributed by atoms with Gasteiger partial charge in [0.1, 0.15) is 0 Å². The summed E-state index contributed by atoms with van der Waals surface area (Å²) in [5.74, 6) is -0.935. The second-order valence-electron chi connectivity index (χ2n) is 3.31. The van der Waals surface area contributed by atoms with Gasteiger partial charge in [-0.05, 0) is 18.9 Å². The van der Waals surface area contributed by atoms with E-state index < -0.39 is 5.97 Å². The van der Waals surface area contributed by atoms with Gasteiger partial charge in [0.25, 0.3) is 0 Å². The van der Waals surface area contributed by atoms with Crippen molar-refractivity contribution in [1.29, 1.82) is 0 Å². The van der Waals surface area contributed by atoms with Crippen molar-refractivity contribution < 1.29 is 9.90 Å². The van der Waals surface area contributed by atoms with Gasteiger partial charge in [0, 0.05) is 5.57 Å². The SMILES string of the molecule is C=C(C)C(=O)O.CCC=Cc1ccccc1. The van der Waals surface area contributed by atoms with Gasteiger partial charge >= 0.3 is 5.97 Å². The highest BCUT2D eigenvalue weighted by Crippen LogP contribution is 2.00. The van der Waals surface area contributed by atoms with Crippen LogP contribution in [0.3, 0.4) is 0 Å². The maximum Gasteiger partial charge on any atom is 0.330 e. The van der Waals surface area contributed by atoms with Crippen molar-refractivity contribution in [3.05, 3.63) is 54.1 Å². The summed E-state index contributed by atoms with van der Waals surface area (Å²) in [5, 5.41) is 7.89. The second kappa shape index (κ2) is 8.48. The third-order valence-electron chi connectivity index (χ3n) is 1.71. The van der Waals surface area contributed by atoms with E-state index in [1.165, 1.54) is 12.5 Å². The molecule has 86 valence electrons. The third-order valence-corrected chi connectivity index (χ3v) is 1.71. The summed E-state index contributed by atoms with van der Waals surface area (Å²) in [5.41, 5.74) is 1.46. The minimum atomic E-state index is -0.935. The molecule has 1 N–H and O–H groups in total. The van der Waals surface area contributed by atoms with Crippen LogP contribution in [0.15, 0.2) is 48.6 Å². The number of benzene rings is 1. The molecule has 0 heterocycles. The average molecular weight is 218 g/mol. The normalized spacial score (nSPS) is 9.38. The number of rotatable bonds is 3. The van der Waals surface area contributed by atoms with Gasteiger partial charge < -0.3 is 5.11 Å². The van der Waals surface area contributed by atoms with Gasteiger partial charge in [0.2, 0.25) is 0 Å². The van der Waals surface area contributed by atoms with Gasteiger partial charge in [-0.25, -0.2) is 4.79 Å². The predicted octanol–water partition coefficient (Wildman–Crippen LogP) is 3.76. The molecule has 0 atom stereocenters. The summed E-state index contributed by atoms with van der Waals surface area (Å²) in [7, 11) is 0. The Hall–Kier alpha value is -1.83. The average Bonchev–Trinajstić information content (AvgIpc) is 2.28. The van der Waals surface area contributed by atoms with Crippen molar-refractivity contribution in [3.63, 3.8) is 0 Å². The van der Waals surface area contributed by atoms with Gasteiger partial charge in [0.15, 0.2) is 0 Å². The molecule has 0 bridgehead atoms. The fourth-order valence-electron chi connectivity index (χ4n) is 0.818. The molecule has 0 amide bonds. The Labute approximate surface area is 96.9 Å². The van der Waals surface area contributed by atoms with E-state index in [-0.39, 0.29) is 5.57 Å². The molecule has 0 unspecified atom stereocenters. The quantitative estimate of drug-likeness (QED) is 0.784. The van der Waals surface area contributed by atoms with Gasteiger partial charge in [0.05, 0.1) is 0 Å². The van der Waals surface area contributed by atoms with E-state index in [0.29, 0.717) is 0 Å². The van der Waals surface area contributed by atoms with Crippen LogP contribution in [0.5, 0.6) is 0 Å². The topological polar surface area (TPSA) is 37.3 Å². The molecule has 0 radical (unpaired) electrons. The maximum absolute atomic E-state index is 9.60. The molecule has 0 saturated carbocycles. The number of carbonyl (C=O) groups is 1. The van der Waals surface area contributed by atoms with Gasteiger partial charge in [-0.3, -0.25) is 0 Å². The second-order valence-corrected chi connectivity index (χ2v) is 3.31. The highest BCUT2D eigenvalue weighted by Gasteiger charge is 1.90. The molecule has 2 nitrogen and oxygen atoms in total. The Morgan fingerprint density at radius 2 is 1.88 bits per heavy atom. The first-order chi connectivity index (χ1) is 7.57. The molecular formula is C14H18O2. The summed E-state index contributed by atoms with van der Waals surface area (Å²) in [6.45, 7) is 6.74. The lowest BCUT2D eigenvalue weighted by atomic mass is 10.2. The Bertz CT molecular complexity index is 338. The lowest BCUT2D eigenvalue weighted by molar-refractivity contribution is -0.132.